The molecule has 0 heterocycles. The fourth-order valence-corrected chi connectivity index (χ4v) is 4.11. The Morgan fingerprint density at radius 3 is 2.19 bits per heavy atom. The van der Waals surface area contributed by atoms with Crippen LogP contribution in [0.5, 0.6) is 5.75 Å². The third-order valence-corrected chi connectivity index (χ3v) is 6.22. The summed E-state index contributed by atoms with van der Waals surface area (Å²) in [7, 11) is -4.04. The van der Waals surface area contributed by atoms with Crippen LogP contribution in [-0.2, 0) is 10.0 Å². The SMILES string of the molecule is CCOc1ccc(S(=O)(=O)NC(=O)c2ccc(NC(=O)NSc3ccccc3)cc2)cc1. The summed E-state index contributed by atoms with van der Waals surface area (Å²) in [6.07, 6.45) is 0. The highest BCUT2D eigenvalue weighted by molar-refractivity contribution is 7.98. The number of nitrogens with one attached hydrogen (secondary N) is 3. The number of sulfonamides is 1. The Morgan fingerprint density at radius 1 is 0.906 bits per heavy atom. The first-order chi connectivity index (χ1) is 15.4. The highest BCUT2D eigenvalue weighted by atomic mass is 32.2. The average Bonchev–Trinajstić information content (AvgIpc) is 2.79. The van der Waals surface area contributed by atoms with Gasteiger partial charge in [0.15, 0.2) is 0 Å². The second kappa shape index (κ2) is 10.7. The minimum atomic E-state index is -4.04. The van der Waals surface area contributed by atoms with E-state index in [2.05, 4.69) is 10.0 Å². The number of benzene rings is 3. The lowest BCUT2D eigenvalue weighted by molar-refractivity contribution is 0.0981. The van der Waals surface area contributed by atoms with E-state index in [0.29, 0.717) is 18.0 Å². The smallest absolute Gasteiger partial charge is 0.329 e. The maximum absolute atomic E-state index is 12.4. The van der Waals surface area contributed by atoms with E-state index >= 15 is 0 Å². The van der Waals surface area contributed by atoms with Gasteiger partial charge in [0.25, 0.3) is 15.9 Å². The molecular formula is C22H21N3O5S2. The molecule has 0 aliphatic heterocycles. The molecule has 0 aliphatic rings. The van der Waals surface area contributed by atoms with Gasteiger partial charge in [-0.3, -0.25) is 9.52 Å². The van der Waals surface area contributed by atoms with Crippen molar-refractivity contribution in [2.24, 2.45) is 0 Å². The van der Waals surface area contributed by atoms with Crippen LogP contribution in [0.3, 0.4) is 0 Å². The topological polar surface area (TPSA) is 114 Å². The molecule has 0 aliphatic carbocycles. The summed E-state index contributed by atoms with van der Waals surface area (Å²) in [4.78, 5) is 25.2. The molecule has 0 fully saturated rings. The quantitative estimate of drug-likeness (QED) is 0.428. The van der Waals surface area contributed by atoms with Crippen LogP contribution in [0.2, 0.25) is 0 Å². The van der Waals surface area contributed by atoms with Crippen molar-refractivity contribution in [3.05, 3.63) is 84.4 Å². The zero-order valence-corrected chi connectivity index (χ0v) is 18.7. The van der Waals surface area contributed by atoms with Crippen LogP contribution in [0.4, 0.5) is 10.5 Å². The predicted octanol–water partition coefficient (Wildman–Crippen LogP) is 4.03. The van der Waals surface area contributed by atoms with E-state index < -0.39 is 22.0 Å². The van der Waals surface area contributed by atoms with E-state index in [4.69, 9.17) is 4.74 Å². The van der Waals surface area contributed by atoms with E-state index in [-0.39, 0.29) is 10.5 Å². The van der Waals surface area contributed by atoms with Crippen molar-refractivity contribution in [3.8, 4) is 5.75 Å². The molecule has 0 saturated carbocycles. The van der Waals surface area contributed by atoms with Gasteiger partial charge in [-0.15, -0.1) is 0 Å². The second-order valence-electron chi connectivity index (χ2n) is 6.39. The molecule has 0 bridgehead atoms. The summed E-state index contributed by atoms with van der Waals surface area (Å²) >= 11 is 1.16. The highest BCUT2D eigenvalue weighted by Gasteiger charge is 2.19. The molecule has 0 atom stereocenters. The van der Waals surface area contributed by atoms with Gasteiger partial charge in [0.05, 0.1) is 11.5 Å². The van der Waals surface area contributed by atoms with Crippen LogP contribution in [0.25, 0.3) is 0 Å². The number of hydrogen-bond acceptors (Lipinski definition) is 6. The number of hydrogen-bond donors (Lipinski definition) is 3. The molecule has 3 aromatic rings. The Kier molecular flexibility index (Phi) is 7.74. The minimum Gasteiger partial charge on any atom is -0.494 e. The lowest BCUT2D eigenvalue weighted by Gasteiger charge is -2.09. The molecule has 3 N–H and O–H groups in total. The van der Waals surface area contributed by atoms with Crippen LogP contribution < -0.4 is 19.5 Å². The van der Waals surface area contributed by atoms with Crippen LogP contribution in [0, 0.1) is 0 Å². The Bertz CT molecular complexity index is 1170. The number of urea groups is 1. The molecule has 0 aromatic heterocycles. The van der Waals surface area contributed by atoms with Gasteiger partial charge >= 0.3 is 6.03 Å². The first-order valence-corrected chi connectivity index (χ1v) is 11.9. The Labute approximate surface area is 190 Å². The van der Waals surface area contributed by atoms with Crippen molar-refractivity contribution in [2.45, 2.75) is 16.7 Å². The van der Waals surface area contributed by atoms with Crippen molar-refractivity contribution < 1.29 is 22.7 Å². The molecule has 3 rings (SSSR count). The molecule has 0 unspecified atom stereocenters. The molecule has 3 amide bonds. The van der Waals surface area contributed by atoms with Gasteiger partial charge in [-0.2, -0.15) is 0 Å². The lowest BCUT2D eigenvalue weighted by Crippen LogP contribution is -2.30. The van der Waals surface area contributed by atoms with E-state index in [1.807, 2.05) is 42.0 Å². The first-order valence-electron chi connectivity index (χ1n) is 9.56. The normalized spacial score (nSPS) is 10.8. The number of anilines is 1. The summed E-state index contributed by atoms with van der Waals surface area (Å²) in [6.45, 7) is 2.28. The number of carbonyl (C=O) groups excluding carboxylic acids is 2. The fraction of sp³-hybridized carbons (Fsp3) is 0.0909. The largest absolute Gasteiger partial charge is 0.494 e. The van der Waals surface area contributed by atoms with Crippen LogP contribution in [0.15, 0.2) is 88.7 Å². The highest BCUT2D eigenvalue weighted by Crippen LogP contribution is 2.17. The fourth-order valence-electron chi connectivity index (χ4n) is 2.58. The van der Waals surface area contributed by atoms with E-state index in [9.17, 15) is 18.0 Å². The molecule has 8 nitrogen and oxygen atoms in total. The Morgan fingerprint density at radius 2 is 1.56 bits per heavy atom. The summed E-state index contributed by atoms with van der Waals surface area (Å²) < 4.78 is 34.8. The predicted molar refractivity (Wildman–Crippen MR) is 123 cm³/mol. The minimum absolute atomic E-state index is 0.0554. The van der Waals surface area contributed by atoms with Gasteiger partial charge in [-0.05, 0) is 79.5 Å². The number of amides is 3. The van der Waals surface area contributed by atoms with Crippen LogP contribution >= 0.6 is 11.9 Å². The molecular weight excluding hydrogens is 450 g/mol. The molecule has 0 saturated heterocycles. The second-order valence-corrected chi connectivity index (χ2v) is 8.95. The summed E-state index contributed by atoms with van der Waals surface area (Å²) in [5.74, 6) is -0.249. The average molecular weight is 472 g/mol. The Balaban J connectivity index is 1.56. The molecule has 32 heavy (non-hydrogen) atoms. The van der Waals surface area contributed by atoms with Gasteiger partial charge in [0, 0.05) is 16.1 Å². The van der Waals surface area contributed by atoms with E-state index in [1.54, 1.807) is 0 Å². The van der Waals surface area contributed by atoms with Gasteiger partial charge in [-0.1, -0.05) is 18.2 Å². The molecule has 166 valence electrons. The van der Waals surface area contributed by atoms with Gasteiger partial charge in [0.2, 0.25) is 0 Å². The zero-order chi connectivity index (χ0) is 23.0. The Hall–Kier alpha value is -3.50. The van der Waals surface area contributed by atoms with Gasteiger partial charge < -0.3 is 10.1 Å². The maximum Gasteiger partial charge on any atom is 0.329 e. The maximum atomic E-state index is 12.4. The van der Waals surface area contributed by atoms with Gasteiger partial charge in [0.1, 0.15) is 5.75 Å². The molecule has 0 radical (unpaired) electrons. The first kappa shape index (κ1) is 23.2. The van der Waals surface area contributed by atoms with Crippen LogP contribution in [-0.4, -0.2) is 27.0 Å². The van der Waals surface area contributed by atoms with Crippen molar-refractivity contribution >= 4 is 39.6 Å². The summed E-state index contributed by atoms with van der Waals surface area (Å²) in [6, 6.07) is 20.5. The van der Waals surface area contributed by atoms with Crippen molar-refractivity contribution in [2.75, 3.05) is 11.9 Å². The lowest BCUT2D eigenvalue weighted by atomic mass is 10.2. The standard InChI is InChI=1S/C22H21N3O5S2/c1-2-30-18-12-14-20(15-13-18)32(28,29)25-21(26)16-8-10-17(11-9-16)23-22(27)24-31-19-6-4-3-5-7-19/h3-15H,2H2,1H3,(H,25,26)(H2,23,24,27). The van der Waals surface area contributed by atoms with Crippen molar-refractivity contribution in [1.82, 2.24) is 9.44 Å². The molecule has 3 aromatic carbocycles. The molecule has 0 spiro atoms. The number of ether oxygens (including phenoxy) is 1. The van der Waals surface area contributed by atoms with Crippen LogP contribution in [0.1, 0.15) is 17.3 Å². The van der Waals surface area contributed by atoms with E-state index in [1.165, 1.54) is 48.5 Å². The zero-order valence-electron chi connectivity index (χ0n) is 17.1. The summed E-state index contributed by atoms with van der Waals surface area (Å²) in [5.41, 5.74) is 0.575. The third kappa shape index (κ3) is 6.50. The summed E-state index contributed by atoms with van der Waals surface area (Å²) in [5, 5.41) is 2.64. The van der Waals surface area contributed by atoms with Crippen molar-refractivity contribution in [1.29, 1.82) is 0 Å². The molecule has 10 heteroatoms. The third-order valence-electron chi connectivity index (χ3n) is 4.08. The number of carbonyl (C=O) groups is 2. The monoisotopic (exact) mass is 471 g/mol. The van der Waals surface area contributed by atoms with E-state index in [0.717, 1.165) is 16.8 Å². The van der Waals surface area contributed by atoms with Gasteiger partial charge in [-0.25, -0.2) is 17.9 Å². The van der Waals surface area contributed by atoms with Crippen molar-refractivity contribution in [3.63, 3.8) is 0 Å². The number of rotatable bonds is 8.